The van der Waals surface area contributed by atoms with Gasteiger partial charge in [0.05, 0.1) is 5.69 Å². The van der Waals surface area contributed by atoms with Crippen LogP contribution < -0.4 is 11.2 Å². The van der Waals surface area contributed by atoms with Gasteiger partial charge in [0.1, 0.15) is 0 Å². The van der Waals surface area contributed by atoms with Crippen molar-refractivity contribution in [3.05, 3.63) is 29.8 Å². The summed E-state index contributed by atoms with van der Waals surface area (Å²) >= 11 is 0. The van der Waals surface area contributed by atoms with Gasteiger partial charge in [0.25, 0.3) is 5.91 Å². The van der Waals surface area contributed by atoms with Gasteiger partial charge in [-0.3, -0.25) is 10.2 Å². The van der Waals surface area contributed by atoms with Gasteiger partial charge >= 0.3 is 0 Å². The molecule has 0 radical (unpaired) electrons. The Morgan fingerprint density at radius 1 is 1.31 bits per heavy atom. The first-order valence-electron chi connectivity index (χ1n) is 4.88. The van der Waals surface area contributed by atoms with Gasteiger partial charge in [-0.25, -0.2) is 0 Å². The first-order valence-corrected chi connectivity index (χ1v) is 4.88. The number of aryl methyl sites for hydroxylation is 1. The van der Waals surface area contributed by atoms with E-state index in [0.717, 1.165) is 11.3 Å². The fourth-order valence-corrected chi connectivity index (χ4v) is 1.03. The Hall–Kier alpha value is -2.04. The molecule has 86 valence electrons. The number of carbonyl (C=O) groups excluding carboxylic acids is 1. The minimum absolute atomic E-state index is 0.0643. The molecule has 1 aromatic rings. The lowest BCUT2D eigenvalue weighted by molar-refractivity contribution is -0.121. The standard InChI is InChI=1S/C11H16N4O/c1-8-4-6-9(7-5-8)13-14-10(12)11(16)15(2)3/h4-7,13H,1-3H3,(H2,12,14). The molecule has 0 spiro atoms. The van der Waals surface area contributed by atoms with Crippen LogP contribution in [0.1, 0.15) is 5.56 Å². The zero-order valence-corrected chi connectivity index (χ0v) is 9.69. The number of likely N-dealkylation sites (N-methyl/N-ethyl adjacent to an activating group) is 1. The first kappa shape index (κ1) is 12.0. The number of hydrogen-bond acceptors (Lipinski definition) is 3. The second kappa shape index (κ2) is 5.16. The molecule has 3 N–H and O–H groups in total. The van der Waals surface area contributed by atoms with Crippen LogP contribution in [0.25, 0.3) is 0 Å². The molecule has 0 aliphatic rings. The van der Waals surface area contributed by atoms with E-state index < -0.39 is 0 Å². The van der Waals surface area contributed by atoms with Crippen LogP contribution in [0, 0.1) is 6.92 Å². The minimum Gasteiger partial charge on any atom is -0.378 e. The molecule has 0 aliphatic carbocycles. The van der Waals surface area contributed by atoms with Crippen molar-refractivity contribution in [3.63, 3.8) is 0 Å². The Morgan fingerprint density at radius 2 is 1.88 bits per heavy atom. The van der Waals surface area contributed by atoms with Crippen LogP contribution in [0.15, 0.2) is 29.4 Å². The highest BCUT2D eigenvalue weighted by Gasteiger charge is 2.08. The van der Waals surface area contributed by atoms with Gasteiger partial charge in [-0.15, -0.1) is 0 Å². The van der Waals surface area contributed by atoms with Crippen molar-refractivity contribution in [1.29, 1.82) is 0 Å². The molecule has 16 heavy (non-hydrogen) atoms. The Labute approximate surface area is 94.9 Å². The maximum Gasteiger partial charge on any atom is 0.290 e. The zero-order chi connectivity index (χ0) is 12.1. The van der Waals surface area contributed by atoms with Crippen molar-refractivity contribution < 1.29 is 4.79 Å². The number of amidine groups is 1. The summed E-state index contributed by atoms with van der Waals surface area (Å²) in [5, 5.41) is 3.80. The van der Waals surface area contributed by atoms with Crippen molar-refractivity contribution in [2.75, 3.05) is 19.5 Å². The average Bonchev–Trinajstić information content (AvgIpc) is 2.26. The third-order valence-electron chi connectivity index (χ3n) is 1.98. The maximum atomic E-state index is 11.3. The van der Waals surface area contributed by atoms with Crippen LogP contribution in [0.5, 0.6) is 0 Å². The number of nitrogens with one attached hydrogen (secondary N) is 1. The van der Waals surface area contributed by atoms with Crippen molar-refractivity contribution >= 4 is 17.4 Å². The number of nitrogens with two attached hydrogens (primary N) is 1. The summed E-state index contributed by atoms with van der Waals surface area (Å²) < 4.78 is 0. The fourth-order valence-electron chi connectivity index (χ4n) is 1.03. The van der Waals surface area contributed by atoms with Crippen molar-refractivity contribution in [2.24, 2.45) is 10.8 Å². The van der Waals surface area contributed by atoms with Crippen LogP contribution >= 0.6 is 0 Å². The molecule has 1 amide bonds. The number of hydrogen-bond donors (Lipinski definition) is 2. The van der Waals surface area contributed by atoms with Crippen LogP contribution in [0.4, 0.5) is 5.69 Å². The average molecular weight is 220 g/mol. The van der Waals surface area contributed by atoms with Gasteiger partial charge in [-0.1, -0.05) is 17.7 Å². The summed E-state index contributed by atoms with van der Waals surface area (Å²) in [6.07, 6.45) is 0. The van der Waals surface area contributed by atoms with E-state index in [4.69, 9.17) is 5.73 Å². The Balaban J connectivity index is 2.66. The van der Waals surface area contributed by atoms with E-state index in [9.17, 15) is 4.79 Å². The first-order chi connectivity index (χ1) is 7.50. The molecule has 0 atom stereocenters. The van der Waals surface area contributed by atoms with Gasteiger partial charge in [0, 0.05) is 14.1 Å². The molecule has 0 fully saturated rings. The summed E-state index contributed by atoms with van der Waals surface area (Å²) in [6.45, 7) is 2.00. The van der Waals surface area contributed by atoms with Crippen molar-refractivity contribution in [1.82, 2.24) is 4.90 Å². The maximum absolute atomic E-state index is 11.3. The number of nitrogens with zero attached hydrogens (tertiary/aromatic N) is 2. The molecule has 5 nitrogen and oxygen atoms in total. The number of rotatable bonds is 2. The number of carbonyl (C=O) groups is 1. The topological polar surface area (TPSA) is 70.7 Å². The van der Waals surface area contributed by atoms with Crippen LogP contribution in [-0.2, 0) is 4.79 Å². The highest BCUT2D eigenvalue weighted by Crippen LogP contribution is 2.07. The van der Waals surface area contributed by atoms with E-state index in [1.807, 2.05) is 31.2 Å². The minimum atomic E-state index is -0.320. The lowest BCUT2D eigenvalue weighted by Crippen LogP contribution is -2.35. The second-order valence-corrected chi connectivity index (χ2v) is 3.67. The zero-order valence-electron chi connectivity index (χ0n) is 9.69. The van der Waals surface area contributed by atoms with Crippen molar-refractivity contribution in [3.8, 4) is 0 Å². The van der Waals surface area contributed by atoms with Gasteiger partial charge in [0.2, 0.25) is 5.84 Å². The lowest BCUT2D eigenvalue weighted by Gasteiger charge is -2.09. The molecular weight excluding hydrogens is 204 g/mol. The molecule has 0 saturated carbocycles. The molecule has 1 aromatic carbocycles. The third-order valence-corrected chi connectivity index (χ3v) is 1.98. The molecule has 0 aromatic heterocycles. The number of amides is 1. The highest BCUT2D eigenvalue weighted by molar-refractivity contribution is 6.37. The number of hydrazone groups is 1. The number of benzene rings is 1. The molecule has 1 rings (SSSR count). The van der Waals surface area contributed by atoms with Crippen LogP contribution in [0.3, 0.4) is 0 Å². The van der Waals surface area contributed by atoms with E-state index >= 15 is 0 Å². The molecular formula is C11H16N4O. The van der Waals surface area contributed by atoms with Crippen LogP contribution in [0.2, 0.25) is 0 Å². The summed E-state index contributed by atoms with van der Waals surface area (Å²) in [5.41, 5.74) is 10.2. The lowest BCUT2D eigenvalue weighted by atomic mass is 10.2. The van der Waals surface area contributed by atoms with E-state index in [1.165, 1.54) is 4.90 Å². The van der Waals surface area contributed by atoms with Gasteiger partial charge in [-0.2, -0.15) is 5.10 Å². The quantitative estimate of drug-likeness (QED) is 0.439. The van der Waals surface area contributed by atoms with Gasteiger partial charge in [-0.05, 0) is 19.1 Å². The second-order valence-electron chi connectivity index (χ2n) is 3.67. The predicted molar refractivity (Wildman–Crippen MR) is 65.1 cm³/mol. The van der Waals surface area contributed by atoms with Crippen molar-refractivity contribution in [2.45, 2.75) is 6.92 Å². The van der Waals surface area contributed by atoms with E-state index in [2.05, 4.69) is 10.5 Å². The summed E-state index contributed by atoms with van der Waals surface area (Å²) in [7, 11) is 3.24. The third kappa shape index (κ3) is 3.27. The summed E-state index contributed by atoms with van der Waals surface area (Å²) in [6, 6.07) is 7.63. The Kier molecular flexibility index (Phi) is 3.88. The van der Waals surface area contributed by atoms with Gasteiger partial charge < -0.3 is 10.6 Å². The Bertz CT molecular complexity index is 395. The summed E-state index contributed by atoms with van der Waals surface area (Å²) in [4.78, 5) is 12.7. The van der Waals surface area contributed by atoms with E-state index in [-0.39, 0.29) is 11.7 Å². The molecule has 5 heteroatoms. The molecule has 0 aliphatic heterocycles. The molecule has 0 unspecified atom stereocenters. The van der Waals surface area contributed by atoms with E-state index in [0.29, 0.717) is 0 Å². The smallest absolute Gasteiger partial charge is 0.290 e. The highest BCUT2D eigenvalue weighted by atomic mass is 16.2. The molecule has 0 saturated heterocycles. The SMILES string of the molecule is Cc1ccc(N/N=C(\N)C(=O)N(C)C)cc1. The molecule has 0 bridgehead atoms. The molecule has 0 heterocycles. The van der Waals surface area contributed by atoms with Gasteiger partial charge in [0.15, 0.2) is 0 Å². The number of anilines is 1. The normalized spacial score (nSPS) is 11.1. The monoisotopic (exact) mass is 220 g/mol. The fraction of sp³-hybridized carbons (Fsp3) is 0.273. The largest absolute Gasteiger partial charge is 0.378 e. The predicted octanol–water partition coefficient (Wildman–Crippen LogP) is 0.767. The Morgan fingerprint density at radius 3 is 2.38 bits per heavy atom. The van der Waals surface area contributed by atoms with E-state index in [1.54, 1.807) is 14.1 Å². The summed E-state index contributed by atoms with van der Waals surface area (Å²) in [5.74, 6) is -0.384. The van der Waals surface area contributed by atoms with Crippen LogP contribution in [-0.4, -0.2) is 30.7 Å².